The number of aliphatic hydroxyl groups excluding tert-OH is 1. The van der Waals surface area contributed by atoms with Gasteiger partial charge in [0.2, 0.25) is 0 Å². The average Bonchev–Trinajstić information content (AvgIpc) is 2.28. The largest absolute Gasteiger partial charge is 0.387 e. The van der Waals surface area contributed by atoms with Gasteiger partial charge in [-0.1, -0.05) is 35.7 Å². The molecule has 0 bridgehead atoms. The molecule has 1 aliphatic heterocycles. The van der Waals surface area contributed by atoms with E-state index in [-0.39, 0.29) is 6.10 Å². The molecule has 1 nitrogen and oxygen atoms in total. The Balaban J connectivity index is 2.15. The van der Waals surface area contributed by atoms with Crippen LogP contribution in [0.25, 0.3) is 0 Å². The molecule has 1 N–H and O–H groups in total. The van der Waals surface area contributed by atoms with Gasteiger partial charge in [-0.2, -0.15) is 11.8 Å². The molecule has 1 fully saturated rings. The zero-order valence-electron chi connectivity index (χ0n) is 10.1. The maximum Gasteiger partial charge on any atom is 0.0908 e. The molecule has 2 rings (SSSR count). The topological polar surface area (TPSA) is 20.2 Å². The zero-order valence-corrected chi connectivity index (χ0v) is 10.9. The van der Waals surface area contributed by atoms with E-state index in [1.165, 1.54) is 29.7 Å². The number of benzene rings is 1. The normalized spacial score (nSPS) is 23.1. The van der Waals surface area contributed by atoms with Gasteiger partial charge in [0.1, 0.15) is 0 Å². The monoisotopic (exact) mass is 236 g/mol. The molecule has 0 aliphatic carbocycles. The van der Waals surface area contributed by atoms with Crippen molar-refractivity contribution in [2.45, 2.75) is 44.5 Å². The number of thioether (sulfide) groups is 1. The van der Waals surface area contributed by atoms with Gasteiger partial charge in [0.05, 0.1) is 6.10 Å². The molecule has 0 aromatic heterocycles. The summed E-state index contributed by atoms with van der Waals surface area (Å²) in [6.07, 6.45) is 3.43. The van der Waals surface area contributed by atoms with E-state index >= 15 is 0 Å². The highest BCUT2D eigenvalue weighted by Gasteiger charge is 2.23. The molecule has 0 radical (unpaired) electrons. The van der Waals surface area contributed by atoms with Gasteiger partial charge >= 0.3 is 0 Å². The highest BCUT2D eigenvalue weighted by Crippen LogP contribution is 2.35. The van der Waals surface area contributed by atoms with Crippen LogP contribution in [0.1, 0.15) is 42.1 Å². The molecular weight excluding hydrogens is 216 g/mol. The van der Waals surface area contributed by atoms with Gasteiger partial charge in [0.25, 0.3) is 0 Å². The summed E-state index contributed by atoms with van der Waals surface area (Å²) in [5.41, 5.74) is 3.58. The Morgan fingerprint density at radius 3 is 2.44 bits per heavy atom. The second-order valence-corrected chi connectivity index (χ2v) is 6.12. The van der Waals surface area contributed by atoms with Crippen molar-refractivity contribution in [2.24, 2.45) is 0 Å². The molecular formula is C14H20OS. The molecule has 16 heavy (non-hydrogen) atoms. The minimum absolute atomic E-state index is 0.288. The van der Waals surface area contributed by atoms with E-state index in [0.29, 0.717) is 5.25 Å². The van der Waals surface area contributed by atoms with Crippen LogP contribution in [0.4, 0.5) is 0 Å². The van der Waals surface area contributed by atoms with E-state index in [9.17, 15) is 5.11 Å². The highest BCUT2D eigenvalue weighted by molar-refractivity contribution is 7.99. The number of hydrogen-bond donors (Lipinski definition) is 1. The van der Waals surface area contributed by atoms with Crippen LogP contribution in [-0.4, -0.2) is 16.1 Å². The van der Waals surface area contributed by atoms with E-state index in [1.54, 1.807) is 0 Å². The van der Waals surface area contributed by atoms with Crippen LogP contribution in [0.3, 0.4) is 0 Å². The predicted octanol–water partition coefficient (Wildman–Crippen LogP) is 3.62. The summed E-state index contributed by atoms with van der Waals surface area (Å²) < 4.78 is 0. The van der Waals surface area contributed by atoms with E-state index in [2.05, 4.69) is 32.0 Å². The van der Waals surface area contributed by atoms with Gasteiger partial charge in [-0.05, 0) is 38.0 Å². The molecule has 1 aromatic rings. The Kier molecular flexibility index (Phi) is 3.93. The van der Waals surface area contributed by atoms with E-state index in [4.69, 9.17) is 0 Å². The van der Waals surface area contributed by atoms with Crippen molar-refractivity contribution in [3.05, 3.63) is 34.9 Å². The number of hydrogen-bond acceptors (Lipinski definition) is 2. The summed E-state index contributed by atoms with van der Waals surface area (Å²) >= 11 is 1.93. The predicted molar refractivity (Wildman–Crippen MR) is 71.0 cm³/mol. The molecule has 2 atom stereocenters. The maximum atomic E-state index is 10.4. The van der Waals surface area contributed by atoms with Crippen molar-refractivity contribution in [1.29, 1.82) is 0 Å². The third-order valence-electron chi connectivity index (χ3n) is 3.15. The fourth-order valence-corrected chi connectivity index (χ4v) is 3.76. The lowest BCUT2D eigenvalue weighted by Gasteiger charge is -2.26. The first-order chi connectivity index (χ1) is 7.66. The Labute approximate surface area is 102 Å². The molecule has 0 amide bonds. The molecule has 0 saturated carbocycles. The van der Waals surface area contributed by atoms with Gasteiger partial charge in [-0.25, -0.2) is 0 Å². The number of aliphatic hydroxyl groups is 1. The summed E-state index contributed by atoms with van der Waals surface area (Å²) in [5, 5.41) is 10.8. The molecule has 2 heteroatoms. The van der Waals surface area contributed by atoms with Gasteiger partial charge in [-0.3, -0.25) is 0 Å². The first-order valence-electron chi connectivity index (χ1n) is 6.04. The molecule has 2 unspecified atom stereocenters. The first kappa shape index (κ1) is 12.0. The zero-order chi connectivity index (χ0) is 11.5. The maximum absolute atomic E-state index is 10.4. The highest BCUT2D eigenvalue weighted by atomic mass is 32.2. The van der Waals surface area contributed by atoms with Crippen LogP contribution < -0.4 is 0 Å². The standard InChI is InChI=1S/C14H20OS/c1-10-7-11(2)9-12(8-10)14(15)13-5-3-4-6-16-13/h7-9,13-15H,3-6H2,1-2H3. The first-order valence-corrected chi connectivity index (χ1v) is 7.09. The fourth-order valence-electron chi connectivity index (χ4n) is 2.41. The van der Waals surface area contributed by atoms with Crippen molar-refractivity contribution >= 4 is 11.8 Å². The summed E-state index contributed by atoms with van der Waals surface area (Å²) in [5.74, 6) is 1.20. The second-order valence-electron chi connectivity index (χ2n) is 4.77. The molecule has 1 aliphatic rings. The minimum atomic E-state index is -0.288. The Hall–Kier alpha value is -0.470. The van der Waals surface area contributed by atoms with Gasteiger partial charge in [-0.15, -0.1) is 0 Å². The molecule has 0 spiro atoms. The van der Waals surface area contributed by atoms with E-state index in [0.717, 1.165) is 12.0 Å². The second kappa shape index (κ2) is 5.24. The van der Waals surface area contributed by atoms with Crippen molar-refractivity contribution in [2.75, 3.05) is 5.75 Å². The lowest BCUT2D eigenvalue weighted by Crippen LogP contribution is -2.19. The fraction of sp³-hybridized carbons (Fsp3) is 0.571. The lowest BCUT2D eigenvalue weighted by atomic mass is 9.98. The third kappa shape index (κ3) is 2.80. The lowest BCUT2D eigenvalue weighted by molar-refractivity contribution is 0.168. The molecule has 1 saturated heterocycles. The third-order valence-corrected chi connectivity index (χ3v) is 4.60. The van der Waals surface area contributed by atoms with Crippen molar-refractivity contribution < 1.29 is 5.11 Å². The number of rotatable bonds is 2. The molecule has 1 heterocycles. The van der Waals surface area contributed by atoms with Crippen LogP contribution in [0.5, 0.6) is 0 Å². The Bertz CT molecular complexity index is 336. The SMILES string of the molecule is Cc1cc(C)cc(C(O)C2CCCCS2)c1. The smallest absolute Gasteiger partial charge is 0.0908 e. The summed E-state index contributed by atoms with van der Waals surface area (Å²) in [6.45, 7) is 4.19. The summed E-state index contributed by atoms with van der Waals surface area (Å²) in [7, 11) is 0. The van der Waals surface area contributed by atoms with E-state index in [1.807, 2.05) is 11.8 Å². The molecule has 1 aromatic carbocycles. The van der Waals surface area contributed by atoms with E-state index < -0.39 is 0 Å². The summed E-state index contributed by atoms with van der Waals surface area (Å²) in [4.78, 5) is 0. The Morgan fingerprint density at radius 1 is 1.19 bits per heavy atom. The Morgan fingerprint density at radius 2 is 1.88 bits per heavy atom. The molecule has 88 valence electrons. The van der Waals surface area contributed by atoms with Crippen LogP contribution in [0.2, 0.25) is 0 Å². The van der Waals surface area contributed by atoms with Crippen LogP contribution in [0, 0.1) is 13.8 Å². The minimum Gasteiger partial charge on any atom is -0.387 e. The van der Waals surface area contributed by atoms with Crippen molar-refractivity contribution in [3.63, 3.8) is 0 Å². The van der Waals surface area contributed by atoms with Crippen LogP contribution >= 0.6 is 11.8 Å². The van der Waals surface area contributed by atoms with Crippen LogP contribution in [0.15, 0.2) is 18.2 Å². The van der Waals surface area contributed by atoms with Gasteiger partial charge < -0.3 is 5.11 Å². The van der Waals surface area contributed by atoms with Gasteiger partial charge in [0, 0.05) is 5.25 Å². The quantitative estimate of drug-likeness (QED) is 0.846. The van der Waals surface area contributed by atoms with Crippen LogP contribution in [-0.2, 0) is 0 Å². The van der Waals surface area contributed by atoms with Crippen molar-refractivity contribution in [1.82, 2.24) is 0 Å². The average molecular weight is 236 g/mol. The van der Waals surface area contributed by atoms with Gasteiger partial charge in [0.15, 0.2) is 0 Å². The van der Waals surface area contributed by atoms with Crippen molar-refractivity contribution in [3.8, 4) is 0 Å². The number of aryl methyl sites for hydroxylation is 2. The summed E-state index contributed by atoms with van der Waals surface area (Å²) in [6, 6.07) is 6.39.